The van der Waals surface area contributed by atoms with Gasteiger partial charge in [-0.15, -0.1) is 0 Å². The third-order valence-corrected chi connectivity index (χ3v) is 2.82. The average molecular weight is 269 g/mol. The van der Waals surface area contributed by atoms with Gasteiger partial charge in [-0.3, -0.25) is 4.79 Å². The van der Waals surface area contributed by atoms with E-state index in [1.807, 2.05) is 13.0 Å². The molecule has 0 aliphatic rings. The molecule has 0 aliphatic carbocycles. The average Bonchev–Trinajstić information content (AvgIpc) is 2.46. The van der Waals surface area contributed by atoms with Crippen LogP contribution in [0.5, 0.6) is 5.75 Å². The maximum absolute atomic E-state index is 13.0. The number of aryl methyl sites for hydroxylation is 1. The Morgan fingerprint density at radius 3 is 2.80 bits per heavy atom. The predicted octanol–water partition coefficient (Wildman–Crippen LogP) is 3.27. The lowest BCUT2D eigenvalue weighted by molar-refractivity contribution is 0.0920. The topological polar surface area (TPSA) is 50.1 Å². The summed E-state index contributed by atoms with van der Waals surface area (Å²) in [5, 5.41) is 8.82. The Morgan fingerprint density at radius 1 is 1.30 bits per heavy atom. The molecule has 0 bridgehead atoms. The third-order valence-electron chi connectivity index (χ3n) is 2.82. The van der Waals surface area contributed by atoms with Crippen LogP contribution in [0.15, 0.2) is 42.5 Å². The predicted molar refractivity (Wildman–Crippen MR) is 72.1 cm³/mol. The van der Waals surface area contributed by atoms with Gasteiger partial charge in [0.2, 0.25) is 0 Å². The van der Waals surface area contributed by atoms with Crippen molar-refractivity contribution < 1.29 is 13.9 Å². The first-order valence-corrected chi connectivity index (χ1v) is 6.02. The zero-order valence-corrected chi connectivity index (χ0v) is 10.9. The van der Waals surface area contributed by atoms with Crippen molar-refractivity contribution in [3.63, 3.8) is 0 Å². The van der Waals surface area contributed by atoms with E-state index in [0.29, 0.717) is 11.3 Å². The number of carbonyl (C=O) groups is 1. The number of ketones is 1. The summed E-state index contributed by atoms with van der Waals surface area (Å²) < 4.78 is 18.4. The van der Waals surface area contributed by atoms with Gasteiger partial charge >= 0.3 is 0 Å². The van der Waals surface area contributed by atoms with E-state index in [1.165, 1.54) is 24.3 Å². The Hall–Kier alpha value is -2.67. The monoisotopic (exact) mass is 269 g/mol. The van der Waals surface area contributed by atoms with E-state index in [2.05, 4.69) is 0 Å². The number of nitrogens with zero attached hydrogens (tertiary/aromatic N) is 1. The van der Waals surface area contributed by atoms with Crippen molar-refractivity contribution in [2.24, 2.45) is 0 Å². The first-order valence-electron chi connectivity index (χ1n) is 6.02. The number of halogens is 1. The standard InChI is InChI=1S/C16H12FNO2/c1-11-5-6-12(9-18)7-16(11)20-10-15(19)13-3-2-4-14(17)8-13/h2-8H,10H2,1H3. The molecular formula is C16H12FNO2. The minimum Gasteiger partial charge on any atom is -0.485 e. The molecule has 0 spiro atoms. The lowest BCUT2D eigenvalue weighted by atomic mass is 10.1. The van der Waals surface area contributed by atoms with Crippen molar-refractivity contribution in [2.45, 2.75) is 6.92 Å². The van der Waals surface area contributed by atoms with Gasteiger partial charge in [0, 0.05) is 5.56 Å². The highest BCUT2D eigenvalue weighted by Gasteiger charge is 2.09. The number of rotatable bonds is 4. The molecule has 0 saturated carbocycles. The minimum absolute atomic E-state index is 0.195. The Morgan fingerprint density at radius 2 is 2.10 bits per heavy atom. The molecule has 0 N–H and O–H groups in total. The van der Waals surface area contributed by atoms with Crippen molar-refractivity contribution >= 4 is 5.78 Å². The molecule has 2 aromatic carbocycles. The molecule has 3 nitrogen and oxygen atoms in total. The summed E-state index contributed by atoms with van der Waals surface area (Å²) >= 11 is 0. The molecular weight excluding hydrogens is 257 g/mol. The van der Waals surface area contributed by atoms with Crippen molar-refractivity contribution in [2.75, 3.05) is 6.61 Å². The second-order valence-electron chi connectivity index (χ2n) is 4.31. The molecule has 0 aliphatic heterocycles. The summed E-state index contributed by atoms with van der Waals surface area (Å²) in [6, 6.07) is 12.5. The van der Waals surface area contributed by atoms with Crippen molar-refractivity contribution in [1.29, 1.82) is 5.26 Å². The van der Waals surface area contributed by atoms with E-state index in [9.17, 15) is 9.18 Å². The summed E-state index contributed by atoms with van der Waals surface area (Å²) in [4.78, 5) is 11.9. The van der Waals surface area contributed by atoms with Crippen LogP contribution < -0.4 is 4.74 Å². The van der Waals surface area contributed by atoms with Gasteiger partial charge in [0.1, 0.15) is 11.6 Å². The highest BCUT2D eigenvalue weighted by atomic mass is 19.1. The van der Waals surface area contributed by atoms with Crippen molar-refractivity contribution in [3.8, 4) is 11.8 Å². The minimum atomic E-state index is -0.460. The Balaban J connectivity index is 2.09. The van der Waals surface area contributed by atoms with Gasteiger partial charge in [-0.2, -0.15) is 5.26 Å². The normalized spacial score (nSPS) is 9.85. The Bertz CT molecular complexity index is 689. The van der Waals surface area contributed by atoms with Crippen LogP contribution >= 0.6 is 0 Å². The summed E-state index contributed by atoms with van der Waals surface area (Å²) in [5.74, 6) is -0.293. The molecule has 0 fully saturated rings. The molecule has 2 aromatic rings. The number of hydrogen-bond donors (Lipinski definition) is 0. The quantitative estimate of drug-likeness (QED) is 0.800. The van der Waals surface area contributed by atoms with Gasteiger partial charge < -0.3 is 4.74 Å². The van der Waals surface area contributed by atoms with Crippen molar-refractivity contribution in [1.82, 2.24) is 0 Å². The fourth-order valence-electron chi connectivity index (χ4n) is 1.71. The molecule has 0 heterocycles. The van der Waals surface area contributed by atoms with Crippen molar-refractivity contribution in [3.05, 3.63) is 65.0 Å². The molecule has 0 saturated heterocycles. The van der Waals surface area contributed by atoms with E-state index in [1.54, 1.807) is 18.2 Å². The molecule has 0 atom stereocenters. The third kappa shape index (κ3) is 3.21. The zero-order chi connectivity index (χ0) is 14.5. The zero-order valence-electron chi connectivity index (χ0n) is 10.9. The lowest BCUT2D eigenvalue weighted by Gasteiger charge is -2.08. The maximum atomic E-state index is 13.0. The SMILES string of the molecule is Cc1ccc(C#N)cc1OCC(=O)c1cccc(F)c1. The second kappa shape index (κ2) is 5.98. The highest BCUT2D eigenvalue weighted by Crippen LogP contribution is 2.19. The molecule has 0 amide bonds. The van der Waals surface area contributed by atoms with E-state index >= 15 is 0 Å². The Kier molecular flexibility index (Phi) is 4.11. The van der Waals surface area contributed by atoms with Crippen LogP contribution in [-0.2, 0) is 0 Å². The largest absolute Gasteiger partial charge is 0.485 e. The van der Waals surface area contributed by atoms with Crippen LogP contribution in [0.2, 0.25) is 0 Å². The molecule has 20 heavy (non-hydrogen) atoms. The molecule has 4 heteroatoms. The summed E-state index contributed by atoms with van der Waals surface area (Å²) in [6.45, 7) is 1.63. The fraction of sp³-hybridized carbons (Fsp3) is 0.125. The lowest BCUT2D eigenvalue weighted by Crippen LogP contribution is -2.12. The molecule has 0 aromatic heterocycles. The highest BCUT2D eigenvalue weighted by molar-refractivity contribution is 5.97. The molecule has 0 unspecified atom stereocenters. The molecule has 0 radical (unpaired) electrons. The summed E-state index contributed by atoms with van der Waals surface area (Å²) in [6.07, 6.45) is 0. The number of ether oxygens (including phenoxy) is 1. The fourth-order valence-corrected chi connectivity index (χ4v) is 1.71. The van der Waals surface area contributed by atoms with Gasteiger partial charge in [0.25, 0.3) is 0 Å². The number of benzene rings is 2. The number of Topliss-reactive ketones (excluding diaryl/α,β-unsaturated/α-hetero) is 1. The first kappa shape index (κ1) is 13.8. The van der Waals surface area contributed by atoms with Crippen LogP contribution in [0.25, 0.3) is 0 Å². The van der Waals surface area contributed by atoms with E-state index < -0.39 is 5.82 Å². The van der Waals surface area contributed by atoms with Gasteiger partial charge in [0.15, 0.2) is 12.4 Å². The molecule has 100 valence electrons. The number of hydrogen-bond acceptors (Lipinski definition) is 3. The van der Waals surface area contributed by atoms with Gasteiger partial charge in [-0.05, 0) is 36.8 Å². The van der Waals surface area contributed by atoms with Gasteiger partial charge in [-0.1, -0.05) is 18.2 Å². The van der Waals surface area contributed by atoms with Crippen LogP contribution in [0, 0.1) is 24.1 Å². The second-order valence-corrected chi connectivity index (χ2v) is 4.31. The smallest absolute Gasteiger partial charge is 0.200 e. The van der Waals surface area contributed by atoms with Gasteiger partial charge in [0.05, 0.1) is 11.6 Å². The van der Waals surface area contributed by atoms with E-state index in [4.69, 9.17) is 10.00 Å². The van der Waals surface area contributed by atoms with Crippen LogP contribution in [0.1, 0.15) is 21.5 Å². The molecule has 2 rings (SSSR count). The van der Waals surface area contributed by atoms with E-state index in [0.717, 1.165) is 5.56 Å². The van der Waals surface area contributed by atoms with E-state index in [-0.39, 0.29) is 18.0 Å². The summed E-state index contributed by atoms with van der Waals surface area (Å²) in [5.41, 5.74) is 1.55. The van der Waals surface area contributed by atoms with Crippen LogP contribution in [0.4, 0.5) is 4.39 Å². The summed E-state index contributed by atoms with van der Waals surface area (Å²) in [7, 11) is 0. The van der Waals surface area contributed by atoms with Crippen LogP contribution in [0.3, 0.4) is 0 Å². The van der Waals surface area contributed by atoms with Crippen LogP contribution in [-0.4, -0.2) is 12.4 Å². The van der Waals surface area contributed by atoms with Gasteiger partial charge in [-0.25, -0.2) is 4.39 Å². The maximum Gasteiger partial charge on any atom is 0.200 e. The Labute approximate surface area is 116 Å². The number of nitriles is 1. The first-order chi connectivity index (χ1) is 9.60. The number of carbonyl (C=O) groups excluding carboxylic acids is 1.